The van der Waals surface area contributed by atoms with Gasteiger partial charge in [0, 0.05) is 43.0 Å². The topological polar surface area (TPSA) is 108 Å². The Morgan fingerprint density at radius 1 is 1.09 bits per heavy atom. The summed E-state index contributed by atoms with van der Waals surface area (Å²) in [5.74, 6) is -0.240. The number of benzene rings is 2. The lowest BCUT2D eigenvalue weighted by Gasteiger charge is -2.28. The Hall–Kier alpha value is -3.36. The van der Waals surface area contributed by atoms with Crippen molar-refractivity contribution in [3.63, 3.8) is 0 Å². The van der Waals surface area contributed by atoms with E-state index in [1.165, 1.54) is 18.4 Å². The summed E-state index contributed by atoms with van der Waals surface area (Å²) in [6, 6.07) is 8.73. The molecule has 180 valence electrons. The Bertz CT molecular complexity index is 1150. The van der Waals surface area contributed by atoms with Crippen LogP contribution in [0.15, 0.2) is 41.1 Å². The summed E-state index contributed by atoms with van der Waals surface area (Å²) in [5.41, 5.74) is 5.02. The molecule has 3 N–H and O–H groups in total. The van der Waals surface area contributed by atoms with E-state index in [0.29, 0.717) is 37.4 Å². The highest BCUT2D eigenvalue weighted by Gasteiger charge is 2.21. The molecule has 0 unspecified atom stereocenters. The number of aromatic nitrogens is 1. The van der Waals surface area contributed by atoms with Crippen LogP contribution in [0, 0.1) is 0 Å². The molecule has 1 aromatic heterocycles. The highest BCUT2D eigenvalue weighted by atomic mass is 16.5. The van der Waals surface area contributed by atoms with Gasteiger partial charge in [-0.1, -0.05) is 32.0 Å². The number of carbonyl (C=O) groups is 1. The first-order chi connectivity index (χ1) is 16.4. The van der Waals surface area contributed by atoms with Gasteiger partial charge in [0.15, 0.2) is 5.69 Å². The fraction of sp³-hybridized carbons (Fsp3) is 0.385. The van der Waals surface area contributed by atoms with Crippen LogP contribution in [0.4, 0.5) is 5.69 Å². The Balaban J connectivity index is 1.82. The predicted molar refractivity (Wildman–Crippen MR) is 129 cm³/mol. The summed E-state index contributed by atoms with van der Waals surface area (Å²) in [6.07, 6.45) is 2.07. The van der Waals surface area contributed by atoms with E-state index in [-0.39, 0.29) is 29.0 Å². The number of carbonyl (C=O) groups excluding carboxylic acids is 1. The zero-order valence-electron chi connectivity index (χ0n) is 19.8. The molecule has 0 saturated carbocycles. The molecule has 0 radical (unpaired) electrons. The van der Waals surface area contributed by atoms with E-state index in [2.05, 4.69) is 21.4 Å². The van der Waals surface area contributed by atoms with Crippen molar-refractivity contribution < 1.29 is 24.3 Å². The third-order valence-electron chi connectivity index (χ3n) is 6.18. The van der Waals surface area contributed by atoms with Crippen molar-refractivity contribution in [3.8, 4) is 22.6 Å². The number of ether oxygens (including phenoxy) is 1. The van der Waals surface area contributed by atoms with Gasteiger partial charge in [-0.2, -0.15) is 0 Å². The molecule has 0 spiro atoms. The number of phenols is 2. The second-order valence-corrected chi connectivity index (χ2v) is 8.83. The molecule has 1 aliphatic rings. The van der Waals surface area contributed by atoms with Crippen molar-refractivity contribution in [1.29, 1.82) is 0 Å². The van der Waals surface area contributed by atoms with Crippen LogP contribution >= 0.6 is 0 Å². The van der Waals surface area contributed by atoms with Crippen molar-refractivity contribution in [2.24, 2.45) is 0 Å². The molecule has 8 heteroatoms. The average Bonchev–Trinajstić information content (AvgIpc) is 3.36. The molecule has 2 aromatic carbocycles. The van der Waals surface area contributed by atoms with E-state index in [0.717, 1.165) is 35.3 Å². The van der Waals surface area contributed by atoms with E-state index in [1.807, 2.05) is 32.9 Å². The monoisotopic (exact) mass is 465 g/mol. The molecule has 0 atom stereocenters. The molecule has 1 amide bonds. The first kappa shape index (κ1) is 23.8. The van der Waals surface area contributed by atoms with Crippen LogP contribution in [0.3, 0.4) is 0 Å². The van der Waals surface area contributed by atoms with Gasteiger partial charge < -0.3 is 24.8 Å². The Kier molecular flexibility index (Phi) is 7.19. The van der Waals surface area contributed by atoms with E-state index < -0.39 is 0 Å². The van der Waals surface area contributed by atoms with Gasteiger partial charge in [-0.15, -0.1) is 0 Å². The molecule has 1 aliphatic heterocycles. The Morgan fingerprint density at radius 3 is 2.50 bits per heavy atom. The molecule has 3 aromatic rings. The van der Waals surface area contributed by atoms with Gasteiger partial charge in [0.1, 0.15) is 17.8 Å². The number of anilines is 1. The minimum Gasteiger partial charge on any atom is -0.508 e. The zero-order valence-corrected chi connectivity index (χ0v) is 19.8. The second-order valence-electron chi connectivity index (χ2n) is 8.83. The number of nitrogens with zero attached hydrogens (tertiary/aromatic N) is 2. The molecule has 0 aliphatic carbocycles. The fourth-order valence-electron chi connectivity index (χ4n) is 4.27. The number of morpholine rings is 1. The van der Waals surface area contributed by atoms with Crippen LogP contribution in [-0.2, 0) is 17.7 Å². The summed E-state index contributed by atoms with van der Waals surface area (Å²) in [6.45, 7) is 9.72. The van der Waals surface area contributed by atoms with Gasteiger partial charge in [-0.3, -0.25) is 9.69 Å². The molecular weight excluding hydrogens is 434 g/mol. The maximum atomic E-state index is 12.7. The predicted octanol–water partition coefficient (Wildman–Crippen LogP) is 4.52. The molecule has 1 fully saturated rings. The van der Waals surface area contributed by atoms with Crippen LogP contribution in [0.25, 0.3) is 11.1 Å². The van der Waals surface area contributed by atoms with Crippen LogP contribution in [0.1, 0.15) is 53.9 Å². The standard InChI is InChI=1S/C26H31N3O5/c1-4-17-11-18(15-29-6-9-33-10-7-29)20(13-23(17)27-26(32)22-5-8-34-28-22)21-12-19(16(2)3)24(30)14-25(21)31/h5,8,11-14,16,30-31H,4,6-7,9-10,15H2,1-3H3,(H,27,32). The third-order valence-corrected chi connectivity index (χ3v) is 6.18. The molecule has 1 saturated heterocycles. The summed E-state index contributed by atoms with van der Waals surface area (Å²) < 4.78 is 10.3. The van der Waals surface area contributed by atoms with Crippen molar-refractivity contribution >= 4 is 11.6 Å². The lowest BCUT2D eigenvalue weighted by atomic mass is 9.90. The minimum absolute atomic E-state index is 0.0110. The van der Waals surface area contributed by atoms with Gasteiger partial charge >= 0.3 is 0 Å². The van der Waals surface area contributed by atoms with Gasteiger partial charge in [0.05, 0.1) is 13.2 Å². The number of phenolic OH excluding ortho intramolecular Hbond substituents is 2. The Labute approximate surface area is 199 Å². The number of rotatable bonds is 7. The first-order valence-electron chi connectivity index (χ1n) is 11.6. The van der Waals surface area contributed by atoms with E-state index in [9.17, 15) is 15.0 Å². The molecule has 34 heavy (non-hydrogen) atoms. The zero-order chi connectivity index (χ0) is 24.2. The van der Waals surface area contributed by atoms with Crippen LogP contribution in [0.2, 0.25) is 0 Å². The number of aromatic hydroxyl groups is 2. The molecule has 0 bridgehead atoms. The van der Waals surface area contributed by atoms with Crippen LogP contribution < -0.4 is 5.32 Å². The van der Waals surface area contributed by atoms with Gasteiger partial charge in [0.2, 0.25) is 0 Å². The largest absolute Gasteiger partial charge is 0.508 e. The lowest BCUT2D eigenvalue weighted by molar-refractivity contribution is 0.0342. The van der Waals surface area contributed by atoms with E-state index >= 15 is 0 Å². The Morgan fingerprint density at radius 2 is 1.85 bits per heavy atom. The molecule has 4 rings (SSSR count). The fourth-order valence-corrected chi connectivity index (χ4v) is 4.27. The number of nitrogens with one attached hydrogen (secondary N) is 1. The quantitative estimate of drug-likeness (QED) is 0.471. The van der Waals surface area contributed by atoms with Gasteiger partial charge in [-0.05, 0) is 46.7 Å². The summed E-state index contributed by atoms with van der Waals surface area (Å²) in [4.78, 5) is 15.0. The normalized spacial score (nSPS) is 14.5. The maximum absolute atomic E-state index is 12.7. The van der Waals surface area contributed by atoms with Gasteiger partial charge in [-0.25, -0.2) is 0 Å². The summed E-state index contributed by atoms with van der Waals surface area (Å²) >= 11 is 0. The molecule has 8 nitrogen and oxygen atoms in total. The molecular formula is C26H31N3O5. The van der Waals surface area contributed by atoms with Crippen molar-refractivity contribution in [1.82, 2.24) is 10.1 Å². The summed E-state index contributed by atoms with van der Waals surface area (Å²) in [5, 5.41) is 27.9. The van der Waals surface area contributed by atoms with Crippen molar-refractivity contribution in [2.75, 3.05) is 31.6 Å². The average molecular weight is 466 g/mol. The molecule has 2 heterocycles. The van der Waals surface area contributed by atoms with E-state index in [1.54, 1.807) is 0 Å². The number of hydrogen-bond donors (Lipinski definition) is 3. The summed E-state index contributed by atoms with van der Waals surface area (Å²) in [7, 11) is 0. The van der Waals surface area contributed by atoms with Crippen molar-refractivity contribution in [3.05, 3.63) is 59.0 Å². The number of aryl methyl sites for hydroxylation is 1. The highest BCUT2D eigenvalue weighted by molar-refractivity contribution is 6.03. The lowest BCUT2D eigenvalue weighted by Crippen LogP contribution is -2.35. The second kappa shape index (κ2) is 10.3. The van der Waals surface area contributed by atoms with Gasteiger partial charge in [0.25, 0.3) is 5.91 Å². The number of hydrogen-bond acceptors (Lipinski definition) is 7. The first-order valence-corrected chi connectivity index (χ1v) is 11.6. The number of amides is 1. The minimum atomic E-state index is -0.367. The third kappa shape index (κ3) is 5.08. The van der Waals surface area contributed by atoms with E-state index in [4.69, 9.17) is 9.26 Å². The maximum Gasteiger partial charge on any atom is 0.277 e. The van der Waals surface area contributed by atoms with Crippen molar-refractivity contribution in [2.45, 2.75) is 39.7 Å². The van der Waals surface area contributed by atoms with Crippen LogP contribution in [0.5, 0.6) is 11.5 Å². The van der Waals surface area contributed by atoms with Crippen LogP contribution in [-0.4, -0.2) is 52.5 Å². The highest BCUT2D eigenvalue weighted by Crippen LogP contribution is 2.41. The SMILES string of the molecule is CCc1cc(CN2CCOCC2)c(-c2cc(C(C)C)c(O)cc2O)cc1NC(=O)c1ccon1. The smallest absolute Gasteiger partial charge is 0.277 e.